The number of imide groups is 1. The number of carbonyl (C=O) groups is 3. The highest BCUT2D eigenvalue weighted by atomic mass is 19.1. The van der Waals surface area contributed by atoms with E-state index in [1.807, 2.05) is 0 Å². The Morgan fingerprint density at radius 1 is 1.24 bits per heavy atom. The summed E-state index contributed by atoms with van der Waals surface area (Å²) in [5.74, 6) is -1.03. The van der Waals surface area contributed by atoms with Crippen LogP contribution in [0.2, 0.25) is 0 Å². The number of likely N-dealkylation sites (tertiary alicyclic amines) is 1. The third-order valence-electron chi connectivity index (χ3n) is 3.46. The van der Waals surface area contributed by atoms with Gasteiger partial charge < -0.3 is 5.32 Å². The Morgan fingerprint density at radius 2 is 1.81 bits per heavy atom. The van der Waals surface area contributed by atoms with Crippen molar-refractivity contribution in [3.8, 4) is 0 Å². The Hall–Kier alpha value is -2.24. The first-order valence-corrected chi connectivity index (χ1v) is 6.85. The summed E-state index contributed by atoms with van der Waals surface area (Å²) >= 11 is 0. The molecule has 21 heavy (non-hydrogen) atoms. The van der Waals surface area contributed by atoms with Gasteiger partial charge in [-0.1, -0.05) is 12.1 Å². The van der Waals surface area contributed by atoms with E-state index in [-0.39, 0.29) is 55.4 Å². The van der Waals surface area contributed by atoms with Gasteiger partial charge in [-0.2, -0.15) is 0 Å². The first-order valence-electron chi connectivity index (χ1n) is 6.85. The van der Waals surface area contributed by atoms with Crippen LogP contribution in [0.4, 0.5) is 4.39 Å². The summed E-state index contributed by atoms with van der Waals surface area (Å²) in [4.78, 5) is 35.8. The molecular formula is C15H17FN2O3. The van der Waals surface area contributed by atoms with E-state index in [1.54, 1.807) is 19.1 Å². The highest BCUT2D eigenvalue weighted by Gasteiger charge is 2.28. The number of halogens is 1. The van der Waals surface area contributed by atoms with Gasteiger partial charge in [0.2, 0.25) is 17.7 Å². The summed E-state index contributed by atoms with van der Waals surface area (Å²) in [6.45, 7) is 1.90. The number of hydrogen-bond acceptors (Lipinski definition) is 3. The lowest BCUT2D eigenvalue weighted by atomic mass is 10.1. The van der Waals surface area contributed by atoms with Gasteiger partial charge in [-0.15, -0.1) is 0 Å². The van der Waals surface area contributed by atoms with Crippen molar-refractivity contribution in [3.05, 3.63) is 35.6 Å². The van der Waals surface area contributed by atoms with Crippen LogP contribution in [0.15, 0.2) is 24.3 Å². The number of nitrogens with zero attached hydrogens (tertiary/aromatic N) is 1. The van der Waals surface area contributed by atoms with Crippen LogP contribution < -0.4 is 5.32 Å². The van der Waals surface area contributed by atoms with Crippen LogP contribution in [0.5, 0.6) is 0 Å². The number of hydrogen-bond donors (Lipinski definition) is 1. The fourth-order valence-corrected chi connectivity index (χ4v) is 2.23. The zero-order valence-corrected chi connectivity index (χ0v) is 11.8. The van der Waals surface area contributed by atoms with Crippen molar-refractivity contribution in [3.63, 3.8) is 0 Å². The molecule has 2 rings (SSSR count). The Balaban J connectivity index is 1.83. The topological polar surface area (TPSA) is 66.5 Å². The number of amides is 3. The average Bonchev–Trinajstić information content (AvgIpc) is 2.76. The monoisotopic (exact) mass is 292 g/mol. The molecule has 1 saturated heterocycles. The van der Waals surface area contributed by atoms with E-state index >= 15 is 0 Å². The summed E-state index contributed by atoms with van der Waals surface area (Å²) in [7, 11) is 0. The lowest BCUT2D eigenvalue weighted by Gasteiger charge is -2.16. The van der Waals surface area contributed by atoms with Crippen molar-refractivity contribution in [1.29, 1.82) is 0 Å². The molecule has 1 heterocycles. The molecule has 0 saturated carbocycles. The Labute approximate surface area is 122 Å². The maximum atomic E-state index is 12.8. The Bertz CT molecular complexity index is 541. The predicted octanol–water partition coefficient (Wildman–Crippen LogP) is 1.54. The fraction of sp³-hybridized carbons (Fsp3) is 0.400. The summed E-state index contributed by atoms with van der Waals surface area (Å²) in [6, 6.07) is 5.61. The van der Waals surface area contributed by atoms with E-state index in [2.05, 4.69) is 5.32 Å². The van der Waals surface area contributed by atoms with E-state index in [0.29, 0.717) is 0 Å². The zero-order valence-electron chi connectivity index (χ0n) is 11.8. The molecule has 1 aliphatic rings. The van der Waals surface area contributed by atoms with Crippen molar-refractivity contribution in [2.24, 2.45) is 0 Å². The molecule has 1 aliphatic heterocycles. The minimum absolute atomic E-state index is 0.0724. The van der Waals surface area contributed by atoms with Gasteiger partial charge in [0.05, 0.1) is 6.04 Å². The van der Waals surface area contributed by atoms with Gasteiger partial charge in [0, 0.05) is 25.8 Å². The van der Waals surface area contributed by atoms with E-state index < -0.39 is 0 Å². The second-order valence-corrected chi connectivity index (χ2v) is 5.03. The third-order valence-corrected chi connectivity index (χ3v) is 3.46. The molecule has 1 N–H and O–H groups in total. The Kier molecular flexibility index (Phi) is 4.67. The lowest BCUT2D eigenvalue weighted by Crippen LogP contribution is -2.34. The normalized spacial score (nSPS) is 16.2. The zero-order chi connectivity index (χ0) is 15.4. The van der Waals surface area contributed by atoms with Crippen LogP contribution >= 0.6 is 0 Å². The van der Waals surface area contributed by atoms with Gasteiger partial charge in [-0.3, -0.25) is 19.3 Å². The minimum Gasteiger partial charge on any atom is -0.350 e. The molecule has 3 amide bonds. The maximum Gasteiger partial charge on any atom is 0.229 e. The summed E-state index contributed by atoms with van der Waals surface area (Å²) in [6.07, 6.45) is 0.530. The van der Waals surface area contributed by atoms with Crippen LogP contribution in [-0.2, 0) is 14.4 Å². The molecule has 0 bridgehead atoms. The van der Waals surface area contributed by atoms with Crippen molar-refractivity contribution in [1.82, 2.24) is 10.2 Å². The number of rotatable bonds is 5. The number of benzene rings is 1. The highest BCUT2D eigenvalue weighted by Crippen LogP contribution is 2.14. The first-order chi connectivity index (χ1) is 9.97. The fourth-order valence-electron chi connectivity index (χ4n) is 2.23. The second-order valence-electron chi connectivity index (χ2n) is 5.03. The minimum atomic E-state index is -0.330. The third kappa shape index (κ3) is 3.87. The summed E-state index contributed by atoms with van der Waals surface area (Å²) in [5.41, 5.74) is 0.790. The molecule has 1 aromatic rings. The van der Waals surface area contributed by atoms with Crippen molar-refractivity contribution < 1.29 is 18.8 Å². The van der Waals surface area contributed by atoms with Crippen molar-refractivity contribution in [2.75, 3.05) is 6.54 Å². The van der Waals surface area contributed by atoms with Gasteiger partial charge in [0.1, 0.15) is 5.82 Å². The van der Waals surface area contributed by atoms with Crippen LogP contribution in [0.3, 0.4) is 0 Å². The lowest BCUT2D eigenvalue weighted by molar-refractivity contribution is -0.138. The van der Waals surface area contributed by atoms with E-state index in [0.717, 1.165) is 10.5 Å². The molecule has 0 aromatic heterocycles. The molecular weight excluding hydrogens is 275 g/mol. The van der Waals surface area contributed by atoms with Crippen LogP contribution in [0.1, 0.15) is 37.8 Å². The quantitative estimate of drug-likeness (QED) is 0.837. The molecule has 1 aromatic carbocycles. The molecule has 0 radical (unpaired) electrons. The van der Waals surface area contributed by atoms with Gasteiger partial charge in [0.15, 0.2) is 0 Å². The summed E-state index contributed by atoms with van der Waals surface area (Å²) < 4.78 is 12.8. The average molecular weight is 292 g/mol. The second kappa shape index (κ2) is 6.47. The van der Waals surface area contributed by atoms with Crippen LogP contribution in [-0.4, -0.2) is 29.2 Å². The van der Waals surface area contributed by atoms with Crippen LogP contribution in [0.25, 0.3) is 0 Å². The van der Waals surface area contributed by atoms with Gasteiger partial charge in [-0.05, 0) is 24.6 Å². The van der Waals surface area contributed by atoms with Crippen LogP contribution in [0, 0.1) is 5.82 Å². The van der Waals surface area contributed by atoms with Gasteiger partial charge in [0.25, 0.3) is 0 Å². The molecule has 5 nitrogen and oxygen atoms in total. The molecule has 0 aliphatic carbocycles. The molecule has 0 spiro atoms. The standard InChI is InChI=1S/C15H17FN2O3/c1-10(11-2-4-12(16)5-3-11)17-13(19)8-9-18-14(20)6-7-15(18)21/h2-5,10H,6-9H2,1H3,(H,17,19)/t10-/m1/s1. The molecule has 0 unspecified atom stereocenters. The van der Waals surface area contributed by atoms with E-state index in [9.17, 15) is 18.8 Å². The molecule has 1 fully saturated rings. The maximum absolute atomic E-state index is 12.8. The smallest absolute Gasteiger partial charge is 0.229 e. The van der Waals surface area contributed by atoms with E-state index in [4.69, 9.17) is 0 Å². The first kappa shape index (κ1) is 15.2. The summed E-state index contributed by atoms with van der Waals surface area (Å²) in [5, 5.41) is 2.76. The predicted molar refractivity (Wildman–Crippen MR) is 73.5 cm³/mol. The molecule has 1 atom stereocenters. The largest absolute Gasteiger partial charge is 0.350 e. The van der Waals surface area contributed by atoms with Gasteiger partial charge in [-0.25, -0.2) is 4.39 Å². The number of carbonyl (C=O) groups excluding carboxylic acids is 3. The van der Waals surface area contributed by atoms with E-state index in [1.165, 1.54) is 12.1 Å². The molecule has 6 heteroatoms. The molecule has 112 valence electrons. The SMILES string of the molecule is C[C@@H](NC(=O)CCN1C(=O)CCC1=O)c1ccc(F)cc1. The van der Waals surface area contributed by atoms with Gasteiger partial charge >= 0.3 is 0 Å². The van der Waals surface area contributed by atoms with Crippen molar-refractivity contribution in [2.45, 2.75) is 32.2 Å². The Morgan fingerprint density at radius 3 is 2.38 bits per heavy atom. The number of nitrogens with one attached hydrogen (secondary N) is 1. The van der Waals surface area contributed by atoms with Crippen molar-refractivity contribution >= 4 is 17.7 Å². The highest BCUT2D eigenvalue weighted by molar-refractivity contribution is 6.02.